The van der Waals surface area contributed by atoms with E-state index < -0.39 is 5.97 Å². The molecule has 78 valence electrons. The van der Waals surface area contributed by atoms with Crippen molar-refractivity contribution < 1.29 is 9.90 Å². The van der Waals surface area contributed by atoms with E-state index in [4.69, 9.17) is 5.11 Å². The Morgan fingerprint density at radius 2 is 2.21 bits per heavy atom. The Kier molecular flexibility index (Phi) is 4.14. The van der Waals surface area contributed by atoms with E-state index in [0.29, 0.717) is 5.56 Å². The Bertz CT molecular complexity index is 315. The Labute approximate surface area is 88.6 Å². The van der Waals surface area contributed by atoms with Crippen LogP contribution in [-0.4, -0.2) is 11.1 Å². The molecule has 1 heterocycles. The third kappa shape index (κ3) is 2.58. The Hall–Kier alpha value is -0.830. The molecular weight excluding hydrogens is 196 g/mol. The van der Waals surface area contributed by atoms with Crippen LogP contribution in [0, 0.1) is 6.92 Å². The number of carboxylic acid groups (broad SMARTS) is 1. The first-order valence-corrected chi connectivity index (χ1v) is 5.85. The smallest absolute Gasteiger partial charge is 0.336 e. The van der Waals surface area contributed by atoms with Crippen molar-refractivity contribution in [2.75, 3.05) is 0 Å². The van der Waals surface area contributed by atoms with Gasteiger partial charge in [0.25, 0.3) is 0 Å². The summed E-state index contributed by atoms with van der Waals surface area (Å²) in [5.41, 5.74) is 1.43. The number of hydrogen-bond acceptors (Lipinski definition) is 2. The van der Waals surface area contributed by atoms with Crippen molar-refractivity contribution in [2.24, 2.45) is 0 Å². The molecule has 0 aliphatic rings. The quantitative estimate of drug-likeness (QED) is 0.759. The van der Waals surface area contributed by atoms with Gasteiger partial charge in [-0.25, -0.2) is 4.79 Å². The Balaban J connectivity index is 2.65. The summed E-state index contributed by atoms with van der Waals surface area (Å²) >= 11 is 1.57. The number of thiophene rings is 1. The zero-order valence-corrected chi connectivity index (χ0v) is 9.49. The number of hydrogen-bond donors (Lipinski definition) is 1. The fourth-order valence-electron chi connectivity index (χ4n) is 1.45. The van der Waals surface area contributed by atoms with Crippen molar-refractivity contribution >= 4 is 17.3 Å². The molecule has 0 radical (unpaired) electrons. The molecule has 1 aromatic rings. The molecule has 1 N–H and O–H groups in total. The highest BCUT2D eigenvalue weighted by Crippen LogP contribution is 2.23. The second-order valence-electron chi connectivity index (χ2n) is 3.46. The Morgan fingerprint density at radius 3 is 2.71 bits per heavy atom. The fourth-order valence-corrected chi connectivity index (χ4v) is 2.54. The standard InChI is InChI=1S/C11H16O2S/c1-3-4-5-6-10-8(2)9(7-14-10)11(12)13/h7H,3-6H2,1-2H3,(H,12,13). The van der Waals surface area contributed by atoms with Gasteiger partial charge in [-0.2, -0.15) is 0 Å². The van der Waals surface area contributed by atoms with Crippen LogP contribution in [0.5, 0.6) is 0 Å². The maximum atomic E-state index is 10.8. The van der Waals surface area contributed by atoms with Crippen LogP contribution in [0.15, 0.2) is 5.38 Å². The van der Waals surface area contributed by atoms with Gasteiger partial charge < -0.3 is 5.11 Å². The third-order valence-electron chi connectivity index (χ3n) is 2.38. The molecule has 2 nitrogen and oxygen atoms in total. The van der Waals surface area contributed by atoms with Gasteiger partial charge >= 0.3 is 5.97 Å². The summed E-state index contributed by atoms with van der Waals surface area (Å²) in [5.74, 6) is -0.805. The van der Waals surface area contributed by atoms with Crippen LogP contribution in [0.4, 0.5) is 0 Å². The lowest BCUT2D eigenvalue weighted by atomic mass is 10.1. The number of unbranched alkanes of at least 4 members (excludes halogenated alkanes) is 2. The molecule has 0 unspecified atom stereocenters. The van der Waals surface area contributed by atoms with E-state index in [0.717, 1.165) is 18.4 Å². The summed E-state index contributed by atoms with van der Waals surface area (Å²) < 4.78 is 0. The van der Waals surface area contributed by atoms with Crippen molar-refractivity contribution in [1.82, 2.24) is 0 Å². The maximum Gasteiger partial charge on any atom is 0.336 e. The highest BCUT2D eigenvalue weighted by atomic mass is 32.1. The van der Waals surface area contributed by atoms with Gasteiger partial charge in [0.15, 0.2) is 0 Å². The Morgan fingerprint density at radius 1 is 1.50 bits per heavy atom. The average Bonchev–Trinajstić information content (AvgIpc) is 2.48. The van der Waals surface area contributed by atoms with Crippen molar-refractivity contribution in [3.05, 3.63) is 21.4 Å². The number of aromatic carboxylic acids is 1. The van der Waals surface area contributed by atoms with Crippen molar-refractivity contribution in [1.29, 1.82) is 0 Å². The number of carboxylic acids is 1. The van der Waals surface area contributed by atoms with Crippen molar-refractivity contribution in [3.8, 4) is 0 Å². The summed E-state index contributed by atoms with van der Waals surface area (Å²) in [7, 11) is 0. The molecule has 0 aliphatic carbocycles. The SMILES string of the molecule is CCCCCc1scc(C(=O)O)c1C. The molecule has 14 heavy (non-hydrogen) atoms. The molecule has 0 spiro atoms. The van der Waals surface area contributed by atoms with Crippen LogP contribution >= 0.6 is 11.3 Å². The van der Waals surface area contributed by atoms with E-state index in [2.05, 4.69) is 6.92 Å². The van der Waals surface area contributed by atoms with E-state index in [1.165, 1.54) is 17.7 Å². The molecule has 0 fully saturated rings. The largest absolute Gasteiger partial charge is 0.478 e. The van der Waals surface area contributed by atoms with Crippen molar-refractivity contribution in [2.45, 2.75) is 39.5 Å². The topological polar surface area (TPSA) is 37.3 Å². The van der Waals surface area contributed by atoms with E-state index in [1.54, 1.807) is 16.7 Å². The number of rotatable bonds is 5. The molecule has 0 amide bonds. The predicted octanol–water partition coefficient (Wildman–Crippen LogP) is 3.49. The van der Waals surface area contributed by atoms with E-state index in [1.807, 2.05) is 6.92 Å². The molecular formula is C11H16O2S. The van der Waals surface area contributed by atoms with Gasteiger partial charge in [-0.3, -0.25) is 0 Å². The normalized spacial score (nSPS) is 10.4. The van der Waals surface area contributed by atoms with Gasteiger partial charge in [-0.05, 0) is 25.3 Å². The van der Waals surface area contributed by atoms with Gasteiger partial charge in [0.05, 0.1) is 5.56 Å². The lowest BCUT2D eigenvalue weighted by Crippen LogP contribution is -1.96. The van der Waals surface area contributed by atoms with Crippen LogP contribution in [0.2, 0.25) is 0 Å². The van der Waals surface area contributed by atoms with Gasteiger partial charge in [0, 0.05) is 10.3 Å². The minimum absolute atomic E-state index is 0.474. The van der Waals surface area contributed by atoms with Gasteiger partial charge in [-0.15, -0.1) is 11.3 Å². The summed E-state index contributed by atoms with van der Waals surface area (Å²) in [6.45, 7) is 4.07. The molecule has 1 aromatic heterocycles. The minimum atomic E-state index is -0.805. The molecule has 0 bridgehead atoms. The zero-order valence-electron chi connectivity index (χ0n) is 8.67. The molecule has 0 aliphatic heterocycles. The van der Waals surface area contributed by atoms with Crippen LogP contribution in [0.1, 0.15) is 47.0 Å². The van der Waals surface area contributed by atoms with Gasteiger partial charge in [0.2, 0.25) is 0 Å². The summed E-state index contributed by atoms with van der Waals surface area (Å²) in [6, 6.07) is 0. The monoisotopic (exact) mass is 212 g/mol. The minimum Gasteiger partial charge on any atom is -0.478 e. The zero-order chi connectivity index (χ0) is 10.6. The summed E-state index contributed by atoms with van der Waals surface area (Å²) in [5, 5.41) is 10.6. The molecule has 3 heteroatoms. The molecule has 0 aromatic carbocycles. The maximum absolute atomic E-state index is 10.8. The average molecular weight is 212 g/mol. The van der Waals surface area contributed by atoms with E-state index in [9.17, 15) is 4.79 Å². The number of carbonyl (C=O) groups is 1. The van der Waals surface area contributed by atoms with Crippen molar-refractivity contribution in [3.63, 3.8) is 0 Å². The van der Waals surface area contributed by atoms with Crippen LogP contribution in [0.3, 0.4) is 0 Å². The number of aryl methyl sites for hydroxylation is 1. The first-order chi connectivity index (χ1) is 6.66. The van der Waals surface area contributed by atoms with Crippen LogP contribution in [0.25, 0.3) is 0 Å². The molecule has 0 atom stereocenters. The highest BCUT2D eigenvalue weighted by molar-refractivity contribution is 7.10. The first kappa shape index (κ1) is 11.2. The lowest BCUT2D eigenvalue weighted by Gasteiger charge is -1.99. The van der Waals surface area contributed by atoms with Crippen LogP contribution in [-0.2, 0) is 6.42 Å². The third-order valence-corrected chi connectivity index (χ3v) is 3.53. The van der Waals surface area contributed by atoms with E-state index >= 15 is 0 Å². The predicted molar refractivity (Wildman–Crippen MR) is 59.2 cm³/mol. The fraction of sp³-hybridized carbons (Fsp3) is 0.545. The van der Waals surface area contributed by atoms with E-state index in [-0.39, 0.29) is 0 Å². The highest BCUT2D eigenvalue weighted by Gasteiger charge is 2.12. The van der Waals surface area contributed by atoms with Gasteiger partial charge in [0.1, 0.15) is 0 Å². The second-order valence-corrected chi connectivity index (χ2v) is 4.42. The lowest BCUT2D eigenvalue weighted by molar-refractivity contribution is 0.0696. The first-order valence-electron chi connectivity index (χ1n) is 4.97. The molecule has 0 saturated carbocycles. The van der Waals surface area contributed by atoms with Gasteiger partial charge in [-0.1, -0.05) is 19.8 Å². The molecule has 0 saturated heterocycles. The summed E-state index contributed by atoms with van der Waals surface area (Å²) in [4.78, 5) is 12.0. The van der Waals surface area contributed by atoms with Crippen LogP contribution < -0.4 is 0 Å². The molecule has 1 rings (SSSR count). The summed E-state index contributed by atoms with van der Waals surface area (Å²) in [6.07, 6.45) is 4.62. The second kappa shape index (κ2) is 5.15.